The van der Waals surface area contributed by atoms with E-state index >= 15 is 0 Å². The second-order valence-electron chi connectivity index (χ2n) is 5.93. The van der Waals surface area contributed by atoms with Crippen LogP contribution < -0.4 is 10.6 Å². The highest BCUT2D eigenvalue weighted by Gasteiger charge is 2.32. The van der Waals surface area contributed by atoms with Crippen molar-refractivity contribution in [1.29, 1.82) is 0 Å². The van der Waals surface area contributed by atoms with E-state index in [-0.39, 0.29) is 25.1 Å². The first kappa shape index (κ1) is 15.6. The minimum atomic E-state index is -0.162. The van der Waals surface area contributed by atoms with Crippen molar-refractivity contribution in [2.45, 2.75) is 18.9 Å². The molecule has 1 amide bonds. The van der Waals surface area contributed by atoms with Gasteiger partial charge in [-0.3, -0.25) is 4.79 Å². The maximum atomic E-state index is 12.0. The third kappa shape index (κ3) is 4.11. The van der Waals surface area contributed by atoms with Crippen molar-refractivity contribution in [3.05, 3.63) is 65.7 Å². The zero-order valence-corrected chi connectivity index (χ0v) is 13.0. The molecule has 120 valence electrons. The highest BCUT2D eigenvalue weighted by Crippen LogP contribution is 2.42. The van der Waals surface area contributed by atoms with Crippen molar-refractivity contribution in [2.75, 3.05) is 18.5 Å². The summed E-state index contributed by atoms with van der Waals surface area (Å²) in [4.78, 5) is 12.0. The van der Waals surface area contributed by atoms with Gasteiger partial charge in [0.05, 0.1) is 12.6 Å². The lowest BCUT2D eigenvalue weighted by Crippen LogP contribution is -2.26. The van der Waals surface area contributed by atoms with Gasteiger partial charge in [0.1, 0.15) is 0 Å². The zero-order valence-electron chi connectivity index (χ0n) is 13.0. The lowest BCUT2D eigenvalue weighted by molar-refractivity contribution is 0.0945. The average Bonchev–Trinajstić information content (AvgIpc) is 3.43. The van der Waals surface area contributed by atoms with E-state index < -0.39 is 0 Å². The molecule has 2 aromatic carbocycles. The Hall–Kier alpha value is -2.33. The normalized spacial score (nSPS) is 15.0. The minimum Gasteiger partial charge on any atom is -0.395 e. The monoisotopic (exact) mass is 310 g/mol. The van der Waals surface area contributed by atoms with Gasteiger partial charge in [0.15, 0.2) is 0 Å². The van der Waals surface area contributed by atoms with Crippen LogP contribution in [0.1, 0.15) is 34.8 Å². The van der Waals surface area contributed by atoms with E-state index in [2.05, 4.69) is 34.9 Å². The van der Waals surface area contributed by atoms with Gasteiger partial charge in [0.2, 0.25) is 0 Å². The van der Waals surface area contributed by atoms with Crippen LogP contribution in [0.3, 0.4) is 0 Å². The van der Waals surface area contributed by atoms with Gasteiger partial charge in [-0.1, -0.05) is 36.4 Å². The Kier molecular flexibility index (Phi) is 4.93. The second-order valence-corrected chi connectivity index (χ2v) is 5.93. The molecule has 0 saturated heterocycles. The number of rotatable bonds is 7. The first-order chi connectivity index (χ1) is 11.3. The van der Waals surface area contributed by atoms with Crippen molar-refractivity contribution >= 4 is 11.6 Å². The van der Waals surface area contributed by atoms with Gasteiger partial charge in [-0.2, -0.15) is 0 Å². The van der Waals surface area contributed by atoms with E-state index in [4.69, 9.17) is 5.11 Å². The molecule has 4 nitrogen and oxygen atoms in total. The largest absolute Gasteiger partial charge is 0.395 e. The van der Waals surface area contributed by atoms with Crippen LogP contribution in [0.15, 0.2) is 54.6 Å². The number of aliphatic hydroxyl groups excluding tert-OH is 1. The Morgan fingerprint density at radius 3 is 2.61 bits per heavy atom. The van der Waals surface area contributed by atoms with Crippen LogP contribution in [0.4, 0.5) is 5.69 Å². The molecule has 0 spiro atoms. The summed E-state index contributed by atoms with van der Waals surface area (Å²) in [6.07, 6.45) is 2.48. The summed E-state index contributed by atoms with van der Waals surface area (Å²) < 4.78 is 0. The number of benzene rings is 2. The summed E-state index contributed by atoms with van der Waals surface area (Å²) in [7, 11) is 0. The molecule has 0 heterocycles. The standard InChI is InChI=1S/C19H22N2O2/c22-12-11-20-19(23)16-7-4-8-17(13-16)21-18(15-9-10-15)14-5-2-1-3-6-14/h1-8,13,15,18,21-22H,9-12H2,(H,20,23). The van der Waals surface area contributed by atoms with Crippen molar-refractivity contribution < 1.29 is 9.90 Å². The van der Waals surface area contributed by atoms with Crippen LogP contribution in [-0.4, -0.2) is 24.2 Å². The quantitative estimate of drug-likeness (QED) is 0.737. The molecule has 3 N–H and O–H groups in total. The lowest BCUT2D eigenvalue weighted by atomic mass is 10.0. The molecular formula is C19H22N2O2. The number of anilines is 1. The fourth-order valence-corrected chi connectivity index (χ4v) is 2.76. The molecule has 0 radical (unpaired) electrons. The number of nitrogens with one attached hydrogen (secondary N) is 2. The van der Waals surface area contributed by atoms with E-state index in [1.54, 1.807) is 6.07 Å². The van der Waals surface area contributed by atoms with E-state index in [0.29, 0.717) is 11.5 Å². The highest BCUT2D eigenvalue weighted by molar-refractivity contribution is 5.95. The lowest BCUT2D eigenvalue weighted by Gasteiger charge is -2.20. The molecule has 1 atom stereocenters. The molecule has 1 saturated carbocycles. The van der Waals surface area contributed by atoms with E-state index in [9.17, 15) is 4.79 Å². The van der Waals surface area contributed by atoms with Gasteiger partial charge in [-0.25, -0.2) is 0 Å². The molecular weight excluding hydrogens is 288 g/mol. The fourth-order valence-electron chi connectivity index (χ4n) is 2.76. The van der Waals surface area contributed by atoms with E-state index in [1.165, 1.54) is 18.4 Å². The van der Waals surface area contributed by atoms with Crippen LogP contribution in [0, 0.1) is 5.92 Å². The SMILES string of the molecule is O=C(NCCO)c1cccc(NC(c2ccccc2)C2CC2)c1. The van der Waals surface area contributed by atoms with Crippen LogP contribution in [0.5, 0.6) is 0 Å². The predicted molar refractivity (Wildman–Crippen MR) is 91.4 cm³/mol. The molecule has 3 rings (SSSR count). The van der Waals surface area contributed by atoms with Crippen LogP contribution in [0.25, 0.3) is 0 Å². The van der Waals surface area contributed by atoms with Gasteiger partial charge >= 0.3 is 0 Å². The molecule has 4 heteroatoms. The molecule has 0 aliphatic heterocycles. The zero-order chi connectivity index (χ0) is 16.1. The minimum absolute atomic E-state index is 0.0541. The Morgan fingerprint density at radius 1 is 1.13 bits per heavy atom. The Labute approximate surface area is 136 Å². The van der Waals surface area contributed by atoms with Gasteiger partial charge < -0.3 is 15.7 Å². The molecule has 2 aromatic rings. The highest BCUT2D eigenvalue weighted by atomic mass is 16.3. The molecule has 1 unspecified atom stereocenters. The summed E-state index contributed by atoms with van der Waals surface area (Å²) in [6.45, 7) is 0.215. The predicted octanol–water partition coefficient (Wildman–Crippen LogP) is 2.97. The number of carbonyl (C=O) groups excluding carboxylic acids is 1. The van der Waals surface area contributed by atoms with E-state index in [1.807, 2.05) is 24.3 Å². The van der Waals surface area contributed by atoms with Gasteiger partial charge in [0, 0.05) is 17.8 Å². The van der Waals surface area contributed by atoms with Crippen LogP contribution >= 0.6 is 0 Å². The summed E-state index contributed by atoms with van der Waals surface area (Å²) >= 11 is 0. The average molecular weight is 310 g/mol. The number of carbonyl (C=O) groups is 1. The van der Waals surface area contributed by atoms with Crippen molar-refractivity contribution in [2.24, 2.45) is 5.92 Å². The topological polar surface area (TPSA) is 61.4 Å². The first-order valence-electron chi connectivity index (χ1n) is 8.08. The van der Waals surface area contributed by atoms with E-state index in [0.717, 1.165) is 5.69 Å². The van der Waals surface area contributed by atoms with Crippen molar-refractivity contribution in [1.82, 2.24) is 5.32 Å². The number of hydrogen-bond donors (Lipinski definition) is 3. The van der Waals surface area contributed by atoms with Gasteiger partial charge in [-0.15, -0.1) is 0 Å². The summed E-state index contributed by atoms with van der Waals surface area (Å²) in [5.74, 6) is 0.495. The molecule has 0 aromatic heterocycles. The Bertz CT molecular complexity index is 653. The summed E-state index contributed by atoms with van der Waals surface area (Å²) in [6, 6.07) is 18.2. The smallest absolute Gasteiger partial charge is 0.251 e. The first-order valence-corrected chi connectivity index (χ1v) is 8.08. The maximum Gasteiger partial charge on any atom is 0.251 e. The molecule has 1 fully saturated rings. The Morgan fingerprint density at radius 2 is 1.91 bits per heavy atom. The molecule has 1 aliphatic rings. The van der Waals surface area contributed by atoms with Crippen LogP contribution in [-0.2, 0) is 0 Å². The summed E-state index contributed by atoms with van der Waals surface area (Å²) in [5, 5.41) is 15.1. The number of amides is 1. The van der Waals surface area contributed by atoms with Crippen LogP contribution in [0.2, 0.25) is 0 Å². The van der Waals surface area contributed by atoms with Gasteiger partial charge in [0.25, 0.3) is 5.91 Å². The number of aliphatic hydroxyl groups is 1. The third-order valence-corrected chi connectivity index (χ3v) is 4.10. The third-order valence-electron chi connectivity index (χ3n) is 4.10. The number of hydrogen-bond acceptors (Lipinski definition) is 3. The molecule has 0 bridgehead atoms. The van der Waals surface area contributed by atoms with Crippen molar-refractivity contribution in [3.8, 4) is 0 Å². The molecule has 23 heavy (non-hydrogen) atoms. The van der Waals surface area contributed by atoms with Crippen molar-refractivity contribution in [3.63, 3.8) is 0 Å². The fraction of sp³-hybridized carbons (Fsp3) is 0.316. The second kappa shape index (κ2) is 7.29. The Balaban J connectivity index is 1.75. The van der Waals surface area contributed by atoms with Gasteiger partial charge in [-0.05, 0) is 42.5 Å². The molecule has 1 aliphatic carbocycles. The summed E-state index contributed by atoms with van der Waals surface area (Å²) in [5.41, 5.74) is 2.83. The maximum absolute atomic E-state index is 12.0.